The number of rotatable bonds is 3. The van der Waals surface area contributed by atoms with Crippen LogP contribution in [0.1, 0.15) is 30.3 Å². The Balaban J connectivity index is 1.50. The molecule has 114 valence electrons. The minimum atomic E-state index is -0.665. The summed E-state index contributed by atoms with van der Waals surface area (Å²) >= 11 is 0. The van der Waals surface area contributed by atoms with E-state index in [9.17, 15) is 9.18 Å². The lowest BCUT2D eigenvalue weighted by molar-refractivity contribution is -0.122. The highest BCUT2D eigenvalue weighted by molar-refractivity contribution is 5.93. The SMILES string of the molecule is Cc1nnc(NC(=O)C2Cc3cc(F)ccc3O2)n1C1CC1. The van der Waals surface area contributed by atoms with Crippen LogP contribution >= 0.6 is 0 Å². The third-order valence-electron chi connectivity index (χ3n) is 4.00. The molecule has 1 amide bonds. The molecule has 6 nitrogen and oxygen atoms in total. The van der Waals surface area contributed by atoms with Gasteiger partial charge < -0.3 is 4.74 Å². The van der Waals surface area contributed by atoms with Gasteiger partial charge in [0, 0.05) is 18.0 Å². The molecule has 1 N–H and O–H groups in total. The number of ether oxygens (including phenoxy) is 1. The van der Waals surface area contributed by atoms with Gasteiger partial charge in [-0.15, -0.1) is 10.2 Å². The standard InChI is InChI=1S/C15H15FN4O2/c1-8-18-19-15(20(8)11-3-4-11)17-14(21)13-7-9-6-10(16)2-5-12(9)22-13/h2,5-6,11,13H,3-4,7H2,1H3,(H,17,19,21). The van der Waals surface area contributed by atoms with Gasteiger partial charge in [0.05, 0.1) is 0 Å². The van der Waals surface area contributed by atoms with Crippen LogP contribution in [0.3, 0.4) is 0 Å². The van der Waals surface area contributed by atoms with Crippen molar-refractivity contribution >= 4 is 11.9 Å². The Hall–Kier alpha value is -2.44. The number of aromatic nitrogens is 3. The van der Waals surface area contributed by atoms with Gasteiger partial charge in [-0.05, 0) is 38.0 Å². The maximum Gasteiger partial charge on any atom is 0.268 e. The van der Waals surface area contributed by atoms with Crippen LogP contribution in [0.25, 0.3) is 0 Å². The van der Waals surface area contributed by atoms with Crippen LogP contribution < -0.4 is 10.1 Å². The van der Waals surface area contributed by atoms with Gasteiger partial charge in [0.2, 0.25) is 5.95 Å². The molecule has 22 heavy (non-hydrogen) atoms. The van der Waals surface area contributed by atoms with Gasteiger partial charge in [0.25, 0.3) is 5.91 Å². The molecule has 0 saturated heterocycles. The number of anilines is 1. The molecular formula is C15H15FN4O2. The Morgan fingerprint density at radius 3 is 3.00 bits per heavy atom. The van der Waals surface area contributed by atoms with Crippen LogP contribution in [-0.4, -0.2) is 26.8 Å². The van der Waals surface area contributed by atoms with Crippen LogP contribution in [-0.2, 0) is 11.2 Å². The first-order valence-corrected chi connectivity index (χ1v) is 7.29. The maximum absolute atomic E-state index is 13.2. The molecule has 0 radical (unpaired) electrons. The quantitative estimate of drug-likeness (QED) is 0.941. The first-order valence-electron chi connectivity index (χ1n) is 7.29. The van der Waals surface area contributed by atoms with E-state index in [0.717, 1.165) is 18.7 Å². The van der Waals surface area contributed by atoms with E-state index in [1.165, 1.54) is 12.1 Å². The molecule has 2 aromatic rings. The number of carbonyl (C=O) groups is 1. The van der Waals surface area contributed by atoms with Crippen molar-refractivity contribution in [2.75, 3.05) is 5.32 Å². The predicted octanol–water partition coefficient (Wildman–Crippen LogP) is 2.00. The van der Waals surface area contributed by atoms with Crippen molar-refractivity contribution in [3.8, 4) is 5.75 Å². The molecule has 1 aromatic carbocycles. The summed E-state index contributed by atoms with van der Waals surface area (Å²) in [6.07, 6.45) is 1.84. The number of halogens is 1. The molecule has 1 unspecified atom stereocenters. The van der Waals surface area contributed by atoms with E-state index in [1.807, 2.05) is 11.5 Å². The summed E-state index contributed by atoms with van der Waals surface area (Å²) in [7, 11) is 0. The number of aryl methyl sites for hydroxylation is 1. The molecule has 0 spiro atoms. The largest absolute Gasteiger partial charge is 0.480 e. The van der Waals surface area contributed by atoms with Gasteiger partial charge in [0.15, 0.2) is 6.10 Å². The zero-order valence-electron chi connectivity index (χ0n) is 12.0. The molecule has 1 saturated carbocycles. The molecule has 4 rings (SSSR count). The zero-order chi connectivity index (χ0) is 15.3. The number of amides is 1. The summed E-state index contributed by atoms with van der Waals surface area (Å²) in [5, 5.41) is 10.8. The van der Waals surface area contributed by atoms with Gasteiger partial charge in [-0.2, -0.15) is 0 Å². The van der Waals surface area contributed by atoms with E-state index in [0.29, 0.717) is 29.7 Å². The minimum absolute atomic E-state index is 0.286. The van der Waals surface area contributed by atoms with E-state index in [1.54, 1.807) is 6.07 Å². The van der Waals surface area contributed by atoms with Gasteiger partial charge in [-0.25, -0.2) is 4.39 Å². The average molecular weight is 302 g/mol. The molecule has 2 aliphatic rings. The van der Waals surface area contributed by atoms with Crippen molar-refractivity contribution < 1.29 is 13.9 Å². The number of hydrogen-bond donors (Lipinski definition) is 1. The second-order valence-electron chi connectivity index (χ2n) is 5.72. The van der Waals surface area contributed by atoms with E-state index < -0.39 is 6.10 Å². The summed E-state index contributed by atoms with van der Waals surface area (Å²) < 4.78 is 20.7. The fourth-order valence-electron chi connectivity index (χ4n) is 2.78. The van der Waals surface area contributed by atoms with Gasteiger partial charge in [-0.1, -0.05) is 0 Å². The van der Waals surface area contributed by atoms with Crippen molar-refractivity contribution in [1.82, 2.24) is 14.8 Å². The topological polar surface area (TPSA) is 69.0 Å². The number of nitrogens with zero attached hydrogens (tertiary/aromatic N) is 3. The Morgan fingerprint density at radius 2 is 2.23 bits per heavy atom. The first kappa shape index (κ1) is 13.2. The third-order valence-corrected chi connectivity index (χ3v) is 4.00. The number of nitrogens with one attached hydrogen (secondary N) is 1. The van der Waals surface area contributed by atoms with Crippen molar-refractivity contribution in [2.24, 2.45) is 0 Å². The molecule has 1 aliphatic heterocycles. The molecule has 7 heteroatoms. The van der Waals surface area contributed by atoms with Crippen LogP contribution in [0.5, 0.6) is 5.75 Å². The van der Waals surface area contributed by atoms with E-state index in [-0.39, 0.29) is 11.7 Å². The number of benzene rings is 1. The van der Waals surface area contributed by atoms with Crippen molar-refractivity contribution in [3.63, 3.8) is 0 Å². The minimum Gasteiger partial charge on any atom is -0.480 e. The lowest BCUT2D eigenvalue weighted by Gasteiger charge is -2.12. The van der Waals surface area contributed by atoms with Crippen molar-refractivity contribution in [3.05, 3.63) is 35.4 Å². The highest BCUT2D eigenvalue weighted by Crippen LogP contribution is 2.38. The third kappa shape index (κ3) is 2.22. The Bertz CT molecular complexity index is 754. The van der Waals surface area contributed by atoms with Gasteiger partial charge >= 0.3 is 0 Å². The number of fused-ring (bicyclic) bond motifs is 1. The summed E-state index contributed by atoms with van der Waals surface area (Å²) in [6.45, 7) is 1.87. The second kappa shape index (κ2) is 4.79. The summed E-state index contributed by atoms with van der Waals surface area (Å²) in [5.41, 5.74) is 0.708. The molecule has 1 aromatic heterocycles. The first-order chi connectivity index (χ1) is 10.6. The Labute approximate surface area is 126 Å². The predicted molar refractivity (Wildman–Crippen MR) is 76.2 cm³/mol. The Morgan fingerprint density at radius 1 is 1.41 bits per heavy atom. The second-order valence-corrected chi connectivity index (χ2v) is 5.72. The summed E-state index contributed by atoms with van der Waals surface area (Å²) in [4.78, 5) is 12.4. The highest BCUT2D eigenvalue weighted by atomic mass is 19.1. The maximum atomic E-state index is 13.2. The number of carbonyl (C=O) groups excluding carboxylic acids is 1. The Kier molecular flexibility index (Phi) is 2.88. The highest BCUT2D eigenvalue weighted by Gasteiger charge is 2.33. The van der Waals surface area contributed by atoms with E-state index >= 15 is 0 Å². The van der Waals surface area contributed by atoms with Crippen LogP contribution in [0.15, 0.2) is 18.2 Å². The molecule has 1 atom stereocenters. The molecule has 0 bridgehead atoms. The van der Waals surface area contributed by atoms with Crippen LogP contribution in [0, 0.1) is 12.7 Å². The fraction of sp³-hybridized carbons (Fsp3) is 0.400. The van der Waals surface area contributed by atoms with Crippen LogP contribution in [0.2, 0.25) is 0 Å². The smallest absolute Gasteiger partial charge is 0.268 e. The fourth-order valence-corrected chi connectivity index (χ4v) is 2.78. The zero-order valence-corrected chi connectivity index (χ0v) is 12.0. The lowest BCUT2D eigenvalue weighted by atomic mass is 10.1. The van der Waals surface area contributed by atoms with E-state index in [4.69, 9.17) is 4.74 Å². The average Bonchev–Trinajstić information content (AvgIpc) is 3.12. The molecular weight excluding hydrogens is 287 g/mol. The summed E-state index contributed by atoms with van der Waals surface area (Å²) in [6, 6.07) is 4.65. The monoisotopic (exact) mass is 302 g/mol. The van der Waals surface area contributed by atoms with Gasteiger partial charge in [-0.3, -0.25) is 14.7 Å². The van der Waals surface area contributed by atoms with Crippen molar-refractivity contribution in [2.45, 2.75) is 38.3 Å². The van der Waals surface area contributed by atoms with E-state index in [2.05, 4.69) is 15.5 Å². The van der Waals surface area contributed by atoms with Gasteiger partial charge in [0.1, 0.15) is 17.4 Å². The number of hydrogen-bond acceptors (Lipinski definition) is 4. The molecule has 2 heterocycles. The normalized spacial score (nSPS) is 19.6. The molecule has 1 aliphatic carbocycles. The lowest BCUT2D eigenvalue weighted by Crippen LogP contribution is -2.32. The van der Waals surface area contributed by atoms with Crippen molar-refractivity contribution in [1.29, 1.82) is 0 Å². The van der Waals surface area contributed by atoms with Crippen LogP contribution in [0.4, 0.5) is 10.3 Å². The molecule has 1 fully saturated rings. The summed E-state index contributed by atoms with van der Waals surface area (Å²) in [5.74, 6) is 1.19.